The number of hydrogen-bond donors (Lipinski definition) is 0. The molecule has 86 valence electrons. The lowest BCUT2D eigenvalue weighted by atomic mass is 9.81. The first kappa shape index (κ1) is 12.1. The molecule has 16 heavy (non-hydrogen) atoms. The van der Waals surface area contributed by atoms with E-state index >= 15 is 0 Å². The van der Waals surface area contributed by atoms with Crippen LogP contribution in [0.15, 0.2) is 22.7 Å². The lowest BCUT2D eigenvalue weighted by molar-refractivity contribution is -0.122. The van der Waals surface area contributed by atoms with Crippen molar-refractivity contribution in [1.82, 2.24) is 0 Å². The molecule has 0 N–H and O–H groups in total. The van der Waals surface area contributed by atoms with E-state index in [2.05, 4.69) is 31.9 Å². The second-order valence-corrected chi connectivity index (χ2v) is 6.63. The molecular weight excluding hydrogens is 334 g/mol. The lowest BCUT2D eigenvalue weighted by Gasteiger charge is -2.26. The molecule has 0 spiro atoms. The summed E-state index contributed by atoms with van der Waals surface area (Å²) in [6.45, 7) is 4.01. The zero-order valence-electron chi connectivity index (χ0n) is 9.42. The van der Waals surface area contributed by atoms with Crippen LogP contribution in [0, 0.1) is 0 Å². The Morgan fingerprint density at radius 1 is 1.44 bits per heavy atom. The molecule has 1 aromatic carbocycles. The maximum absolute atomic E-state index is 12.3. The van der Waals surface area contributed by atoms with Crippen molar-refractivity contribution in [2.24, 2.45) is 0 Å². The maximum atomic E-state index is 12.3. The van der Waals surface area contributed by atoms with Gasteiger partial charge in [0.25, 0.3) is 0 Å². The molecule has 2 rings (SSSR count). The Labute approximate surface area is 112 Å². The quantitative estimate of drug-likeness (QED) is 0.713. The smallest absolute Gasteiger partial charge is 0.238 e. The fourth-order valence-electron chi connectivity index (χ4n) is 2.17. The lowest BCUT2D eigenvalue weighted by Crippen LogP contribution is -2.41. The minimum atomic E-state index is -0.478. The van der Waals surface area contributed by atoms with Gasteiger partial charge in [-0.05, 0) is 30.7 Å². The van der Waals surface area contributed by atoms with E-state index in [9.17, 15) is 4.79 Å². The van der Waals surface area contributed by atoms with Crippen molar-refractivity contribution >= 4 is 43.5 Å². The van der Waals surface area contributed by atoms with Gasteiger partial charge in [-0.2, -0.15) is 0 Å². The Hall–Kier alpha value is -0.350. The second-order valence-electron chi connectivity index (χ2n) is 4.34. The van der Waals surface area contributed by atoms with E-state index in [1.807, 2.05) is 39.1 Å². The zero-order valence-corrected chi connectivity index (χ0v) is 12.6. The monoisotopic (exact) mass is 345 g/mol. The molecule has 2 nitrogen and oxygen atoms in total. The van der Waals surface area contributed by atoms with Crippen molar-refractivity contribution < 1.29 is 4.79 Å². The first-order valence-electron chi connectivity index (χ1n) is 5.11. The van der Waals surface area contributed by atoms with Crippen LogP contribution >= 0.6 is 31.9 Å². The van der Waals surface area contributed by atoms with E-state index < -0.39 is 5.41 Å². The van der Waals surface area contributed by atoms with Gasteiger partial charge < -0.3 is 4.90 Å². The standard InChI is InChI=1S/C12H13Br2NO/c1-7(13)12(2)9-6-8(14)4-5-10(9)15(3)11(12)16/h4-7H,1-3H3/t7-,12-/m0/s1. The second kappa shape index (κ2) is 3.84. The Bertz CT molecular complexity index is 458. The van der Waals surface area contributed by atoms with Gasteiger partial charge in [0.05, 0.1) is 5.41 Å². The minimum Gasteiger partial charge on any atom is -0.314 e. The van der Waals surface area contributed by atoms with Gasteiger partial charge in [0.1, 0.15) is 0 Å². The number of alkyl halides is 1. The fraction of sp³-hybridized carbons (Fsp3) is 0.417. The van der Waals surface area contributed by atoms with Crippen LogP contribution in [0.1, 0.15) is 19.4 Å². The molecule has 0 radical (unpaired) electrons. The number of fused-ring (bicyclic) bond motifs is 1. The SMILES string of the molecule is C[C@H](Br)[C@]1(C)C(=O)N(C)c2ccc(Br)cc21. The molecule has 0 aliphatic carbocycles. The van der Waals surface area contributed by atoms with E-state index in [1.165, 1.54) is 0 Å². The number of anilines is 1. The highest BCUT2D eigenvalue weighted by Crippen LogP contribution is 2.46. The number of amides is 1. The van der Waals surface area contributed by atoms with Crippen molar-refractivity contribution in [3.05, 3.63) is 28.2 Å². The number of hydrogen-bond acceptors (Lipinski definition) is 1. The maximum Gasteiger partial charge on any atom is 0.238 e. The average molecular weight is 347 g/mol. The molecule has 1 aromatic rings. The summed E-state index contributed by atoms with van der Waals surface area (Å²) in [5, 5.41) is 0. The Morgan fingerprint density at radius 3 is 2.62 bits per heavy atom. The van der Waals surface area contributed by atoms with E-state index in [0.717, 1.165) is 15.7 Å². The summed E-state index contributed by atoms with van der Waals surface area (Å²) in [5.41, 5.74) is 1.61. The first-order chi connectivity index (χ1) is 7.39. The number of halogens is 2. The van der Waals surface area contributed by atoms with Crippen LogP contribution in [0.2, 0.25) is 0 Å². The van der Waals surface area contributed by atoms with Crippen molar-refractivity contribution in [1.29, 1.82) is 0 Å². The van der Waals surface area contributed by atoms with Gasteiger partial charge in [0.15, 0.2) is 0 Å². The van der Waals surface area contributed by atoms with Crippen molar-refractivity contribution in [3.63, 3.8) is 0 Å². The van der Waals surface area contributed by atoms with Gasteiger partial charge in [0, 0.05) is 22.0 Å². The number of likely N-dealkylation sites (N-methyl/N-ethyl adjacent to an activating group) is 1. The topological polar surface area (TPSA) is 20.3 Å². The minimum absolute atomic E-state index is 0.102. The van der Waals surface area contributed by atoms with Gasteiger partial charge in [-0.1, -0.05) is 38.8 Å². The van der Waals surface area contributed by atoms with Crippen LogP contribution < -0.4 is 4.90 Å². The largest absolute Gasteiger partial charge is 0.314 e. The first-order valence-corrected chi connectivity index (χ1v) is 6.82. The third-order valence-corrected chi connectivity index (χ3v) is 4.83. The highest BCUT2D eigenvalue weighted by Gasteiger charge is 2.48. The molecular formula is C12H13Br2NO. The van der Waals surface area contributed by atoms with Crippen LogP contribution in [-0.2, 0) is 10.2 Å². The molecule has 0 unspecified atom stereocenters. The highest BCUT2D eigenvalue weighted by molar-refractivity contribution is 9.10. The van der Waals surface area contributed by atoms with Crippen LogP contribution in [0.3, 0.4) is 0 Å². The molecule has 1 aliphatic heterocycles. The molecule has 4 heteroatoms. The predicted molar refractivity (Wildman–Crippen MR) is 73.3 cm³/mol. The van der Waals surface area contributed by atoms with Gasteiger partial charge in [0.2, 0.25) is 5.91 Å². The van der Waals surface area contributed by atoms with E-state index in [4.69, 9.17) is 0 Å². The fourth-order valence-corrected chi connectivity index (χ4v) is 2.98. The predicted octanol–water partition coefficient (Wildman–Crippen LogP) is 3.47. The number of nitrogens with zero attached hydrogens (tertiary/aromatic N) is 1. The molecule has 0 fully saturated rings. The van der Waals surface area contributed by atoms with Crippen molar-refractivity contribution in [2.45, 2.75) is 24.1 Å². The molecule has 0 aromatic heterocycles. The van der Waals surface area contributed by atoms with Gasteiger partial charge >= 0.3 is 0 Å². The third kappa shape index (κ3) is 1.46. The highest BCUT2D eigenvalue weighted by atomic mass is 79.9. The van der Waals surface area contributed by atoms with Crippen LogP contribution in [0.25, 0.3) is 0 Å². The summed E-state index contributed by atoms with van der Waals surface area (Å²) in [7, 11) is 1.83. The third-order valence-electron chi connectivity index (χ3n) is 3.42. The number of benzene rings is 1. The van der Waals surface area contributed by atoms with E-state index in [0.29, 0.717) is 0 Å². The Morgan fingerprint density at radius 2 is 2.06 bits per heavy atom. The average Bonchev–Trinajstić information content (AvgIpc) is 2.42. The van der Waals surface area contributed by atoms with Gasteiger partial charge in [-0.15, -0.1) is 0 Å². The van der Waals surface area contributed by atoms with Crippen LogP contribution in [0.5, 0.6) is 0 Å². The number of rotatable bonds is 1. The summed E-state index contributed by atoms with van der Waals surface area (Å²) in [6.07, 6.45) is 0. The Kier molecular flexibility index (Phi) is 2.91. The normalized spacial score (nSPS) is 25.8. The van der Waals surface area contributed by atoms with Crippen LogP contribution in [-0.4, -0.2) is 17.8 Å². The summed E-state index contributed by atoms with van der Waals surface area (Å²) in [5.74, 6) is 0.143. The molecule has 2 atom stereocenters. The van der Waals surface area contributed by atoms with E-state index in [-0.39, 0.29) is 10.7 Å². The summed E-state index contributed by atoms with van der Waals surface area (Å²) >= 11 is 7.02. The molecule has 0 saturated carbocycles. The molecule has 1 amide bonds. The summed E-state index contributed by atoms with van der Waals surface area (Å²) < 4.78 is 1.01. The summed E-state index contributed by atoms with van der Waals surface area (Å²) in [6, 6.07) is 5.99. The van der Waals surface area contributed by atoms with Gasteiger partial charge in [-0.3, -0.25) is 4.79 Å². The molecule has 1 heterocycles. The van der Waals surface area contributed by atoms with Crippen LogP contribution in [0.4, 0.5) is 5.69 Å². The molecule has 0 saturated heterocycles. The number of carbonyl (C=O) groups excluding carboxylic acids is 1. The number of carbonyl (C=O) groups is 1. The Balaban J connectivity index is 2.69. The molecule has 0 bridgehead atoms. The zero-order chi connectivity index (χ0) is 12.1. The molecule has 1 aliphatic rings. The van der Waals surface area contributed by atoms with Crippen molar-refractivity contribution in [2.75, 3.05) is 11.9 Å². The summed E-state index contributed by atoms with van der Waals surface area (Å²) in [4.78, 5) is 14.2. The van der Waals surface area contributed by atoms with E-state index in [1.54, 1.807) is 4.90 Å². The van der Waals surface area contributed by atoms with Gasteiger partial charge in [-0.25, -0.2) is 0 Å². The van der Waals surface area contributed by atoms with Crippen molar-refractivity contribution in [3.8, 4) is 0 Å².